The zero-order valence-corrected chi connectivity index (χ0v) is 42.3. The molecule has 0 bridgehead atoms. The molecule has 62 heavy (non-hydrogen) atoms. The summed E-state index contributed by atoms with van der Waals surface area (Å²) in [5, 5.41) is 0. The summed E-state index contributed by atoms with van der Waals surface area (Å²) in [6, 6.07) is 0. The van der Waals surface area contributed by atoms with Gasteiger partial charge in [0.05, 0.1) is 19.8 Å². The van der Waals surface area contributed by atoms with Crippen LogP contribution in [0.25, 0.3) is 0 Å². The molecule has 3 N–H and O–H groups in total. The zero-order valence-electron chi connectivity index (χ0n) is 41.4. The molecule has 8 nitrogen and oxygen atoms in total. The number of rotatable bonds is 53. The predicted octanol–water partition coefficient (Wildman–Crippen LogP) is 17.0. The molecular weight excluding hydrogens is 794 g/mol. The van der Waals surface area contributed by atoms with Gasteiger partial charge in [0.25, 0.3) is 0 Å². The van der Waals surface area contributed by atoms with Crippen LogP contribution >= 0.6 is 7.82 Å². The molecule has 2 atom stereocenters. The smallest absolute Gasteiger partial charge is 0.457 e. The second kappa shape index (κ2) is 51.2. The van der Waals surface area contributed by atoms with Gasteiger partial charge in [-0.3, -0.25) is 13.8 Å². The fourth-order valence-corrected chi connectivity index (χ4v) is 8.94. The van der Waals surface area contributed by atoms with E-state index in [1.165, 1.54) is 231 Å². The lowest BCUT2D eigenvalue weighted by molar-refractivity contribution is -0.154. The Balaban J connectivity index is 3.83. The highest BCUT2D eigenvalue weighted by atomic mass is 31.2. The molecule has 0 heterocycles. The number of hydrogen-bond acceptors (Lipinski definition) is 7. The summed E-state index contributed by atoms with van der Waals surface area (Å²) in [6.07, 6.45) is 58.3. The Hall–Kier alpha value is -0.760. The summed E-state index contributed by atoms with van der Waals surface area (Å²) in [5.41, 5.74) is 5.39. The van der Waals surface area contributed by atoms with Crippen LogP contribution in [0.5, 0.6) is 0 Å². The zero-order chi connectivity index (χ0) is 45.1. The Morgan fingerprint density at radius 1 is 0.468 bits per heavy atom. The number of esters is 1. The highest BCUT2D eigenvalue weighted by Crippen LogP contribution is 2.43. The number of phosphoric acid groups is 1. The quantitative estimate of drug-likeness (QED) is 0.0268. The maximum absolute atomic E-state index is 12.7. The van der Waals surface area contributed by atoms with Crippen LogP contribution in [0.1, 0.15) is 284 Å². The van der Waals surface area contributed by atoms with E-state index in [4.69, 9.17) is 24.3 Å². The van der Waals surface area contributed by atoms with Gasteiger partial charge in [-0.15, -0.1) is 0 Å². The summed E-state index contributed by atoms with van der Waals surface area (Å²) in [4.78, 5) is 22.6. The van der Waals surface area contributed by atoms with Crippen molar-refractivity contribution in [2.24, 2.45) is 5.73 Å². The van der Waals surface area contributed by atoms with Crippen LogP contribution in [0.15, 0.2) is 12.2 Å². The van der Waals surface area contributed by atoms with Crippen molar-refractivity contribution in [2.75, 3.05) is 33.0 Å². The lowest BCUT2D eigenvalue weighted by Gasteiger charge is -2.20. The first-order valence-corrected chi connectivity index (χ1v) is 28.7. The summed E-state index contributed by atoms with van der Waals surface area (Å²) < 4.78 is 33.6. The molecule has 0 radical (unpaired) electrons. The van der Waals surface area contributed by atoms with E-state index >= 15 is 0 Å². The standard InChI is InChI=1S/C53H106NO7P/c1-3-5-7-9-11-13-15-17-19-21-22-23-24-25-26-27-28-29-31-33-35-37-39-41-43-45-48-58-50-52(51-60-62(56,57)59-49-47-54)61-53(55)46-44-42-40-38-36-34-32-30-20-18-16-14-12-10-8-6-4-2/h21-22,52H,3-20,23-51,54H2,1-2H3,(H,56,57)/b22-21-. The fraction of sp³-hybridized carbons (Fsp3) is 0.943. The van der Waals surface area contributed by atoms with E-state index in [1.54, 1.807) is 0 Å². The van der Waals surface area contributed by atoms with Crippen molar-refractivity contribution in [2.45, 2.75) is 290 Å². The predicted molar refractivity (Wildman–Crippen MR) is 266 cm³/mol. The van der Waals surface area contributed by atoms with Gasteiger partial charge >= 0.3 is 13.8 Å². The Labute approximate surface area is 385 Å². The topological polar surface area (TPSA) is 117 Å². The maximum Gasteiger partial charge on any atom is 0.472 e. The first kappa shape index (κ1) is 61.2. The van der Waals surface area contributed by atoms with Gasteiger partial charge in [0.1, 0.15) is 6.10 Å². The number of carbonyl (C=O) groups excluding carboxylic acids is 1. The van der Waals surface area contributed by atoms with Gasteiger partial charge in [0, 0.05) is 19.6 Å². The molecule has 0 spiro atoms. The van der Waals surface area contributed by atoms with Crippen molar-refractivity contribution in [3.8, 4) is 0 Å². The third-order valence-corrected chi connectivity index (χ3v) is 13.2. The SMILES string of the molecule is CCCCCCCCCC/C=C\CCCCCCCCCCCCCCCCOCC(COP(=O)(O)OCCN)OC(=O)CCCCCCCCCCCCCCCCCCC. The lowest BCUT2D eigenvalue weighted by Crippen LogP contribution is -2.28. The van der Waals surface area contributed by atoms with E-state index < -0.39 is 13.9 Å². The maximum atomic E-state index is 12.7. The Kier molecular flexibility index (Phi) is 50.6. The minimum atomic E-state index is -4.28. The van der Waals surface area contributed by atoms with Crippen molar-refractivity contribution >= 4 is 13.8 Å². The number of hydrogen-bond donors (Lipinski definition) is 2. The van der Waals surface area contributed by atoms with Crippen LogP contribution < -0.4 is 5.73 Å². The van der Waals surface area contributed by atoms with Crippen molar-refractivity contribution in [3.63, 3.8) is 0 Å². The van der Waals surface area contributed by atoms with Gasteiger partial charge in [0.2, 0.25) is 0 Å². The Morgan fingerprint density at radius 3 is 1.18 bits per heavy atom. The van der Waals surface area contributed by atoms with E-state index in [2.05, 4.69) is 26.0 Å². The number of unbranched alkanes of at least 4 members (excludes halogenated alkanes) is 38. The molecule has 9 heteroatoms. The minimum Gasteiger partial charge on any atom is -0.457 e. The molecular formula is C53H106NO7P. The van der Waals surface area contributed by atoms with Crippen molar-refractivity contribution in [3.05, 3.63) is 12.2 Å². The average molecular weight is 900 g/mol. The van der Waals surface area contributed by atoms with E-state index in [9.17, 15) is 14.3 Å². The van der Waals surface area contributed by atoms with E-state index in [0.717, 1.165) is 32.1 Å². The largest absolute Gasteiger partial charge is 0.472 e. The van der Waals surface area contributed by atoms with E-state index in [0.29, 0.717) is 13.0 Å². The Bertz CT molecular complexity index is 966. The first-order valence-electron chi connectivity index (χ1n) is 27.2. The first-order chi connectivity index (χ1) is 30.4. The molecule has 0 aromatic carbocycles. The number of carbonyl (C=O) groups is 1. The lowest BCUT2D eigenvalue weighted by atomic mass is 10.0. The average Bonchev–Trinajstić information content (AvgIpc) is 3.26. The van der Waals surface area contributed by atoms with Gasteiger partial charge in [-0.05, 0) is 38.5 Å². The summed E-state index contributed by atoms with van der Waals surface area (Å²) in [5.74, 6) is -0.322. The van der Waals surface area contributed by atoms with Crippen molar-refractivity contribution in [1.29, 1.82) is 0 Å². The summed E-state index contributed by atoms with van der Waals surface area (Å²) >= 11 is 0. The van der Waals surface area contributed by atoms with Crippen LogP contribution in [-0.2, 0) is 27.9 Å². The molecule has 0 aliphatic rings. The molecule has 0 amide bonds. The number of allylic oxidation sites excluding steroid dienone is 2. The van der Waals surface area contributed by atoms with Crippen LogP contribution in [0.2, 0.25) is 0 Å². The van der Waals surface area contributed by atoms with Crippen LogP contribution in [0.3, 0.4) is 0 Å². The molecule has 2 unspecified atom stereocenters. The monoisotopic (exact) mass is 900 g/mol. The highest BCUT2D eigenvalue weighted by molar-refractivity contribution is 7.47. The molecule has 0 saturated heterocycles. The third kappa shape index (κ3) is 50.2. The van der Waals surface area contributed by atoms with Gasteiger partial charge in [-0.25, -0.2) is 4.57 Å². The molecule has 0 aromatic rings. The second-order valence-electron chi connectivity index (χ2n) is 18.5. The molecule has 0 rings (SSSR count). The number of nitrogens with two attached hydrogens (primary N) is 1. The van der Waals surface area contributed by atoms with Gasteiger partial charge in [-0.2, -0.15) is 0 Å². The minimum absolute atomic E-state index is 0.0912. The summed E-state index contributed by atoms with van der Waals surface area (Å²) in [7, 11) is -4.28. The fourth-order valence-electron chi connectivity index (χ4n) is 8.17. The molecule has 0 aromatic heterocycles. The van der Waals surface area contributed by atoms with Gasteiger partial charge in [-0.1, -0.05) is 251 Å². The number of phosphoric ester groups is 1. The Morgan fingerprint density at radius 2 is 0.806 bits per heavy atom. The third-order valence-electron chi connectivity index (χ3n) is 12.2. The second-order valence-corrected chi connectivity index (χ2v) is 19.9. The molecule has 0 aliphatic carbocycles. The van der Waals surface area contributed by atoms with Gasteiger partial charge < -0.3 is 20.1 Å². The molecule has 0 saturated carbocycles. The van der Waals surface area contributed by atoms with Crippen molar-refractivity contribution in [1.82, 2.24) is 0 Å². The molecule has 370 valence electrons. The van der Waals surface area contributed by atoms with Crippen LogP contribution in [0, 0.1) is 0 Å². The normalized spacial score (nSPS) is 13.3. The van der Waals surface area contributed by atoms with E-state index in [-0.39, 0.29) is 32.3 Å². The van der Waals surface area contributed by atoms with Crippen LogP contribution in [-0.4, -0.2) is 49.9 Å². The highest BCUT2D eigenvalue weighted by Gasteiger charge is 2.25. The van der Waals surface area contributed by atoms with Gasteiger partial charge in [0.15, 0.2) is 0 Å². The van der Waals surface area contributed by atoms with Crippen LogP contribution in [0.4, 0.5) is 0 Å². The molecule has 0 fully saturated rings. The van der Waals surface area contributed by atoms with E-state index in [1.807, 2.05) is 0 Å². The number of ether oxygens (including phenoxy) is 2. The van der Waals surface area contributed by atoms with Crippen molar-refractivity contribution < 1.29 is 32.8 Å². The molecule has 0 aliphatic heterocycles. The summed E-state index contributed by atoms with van der Waals surface area (Å²) in [6.45, 7) is 5.00.